The molecule has 1 aliphatic heterocycles. The second kappa shape index (κ2) is 7.05. The van der Waals surface area contributed by atoms with Crippen LogP contribution in [0.4, 0.5) is 0 Å². The summed E-state index contributed by atoms with van der Waals surface area (Å²) in [7, 11) is 1.64. The summed E-state index contributed by atoms with van der Waals surface area (Å²) in [6.07, 6.45) is 3.75. The Hall–Kier alpha value is -2.34. The van der Waals surface area contributed by atoms with Crippen molar-refractivity contribution in [3.63, 3.8) is 0 Å². The third-order valence-corrected chi connectivity index (χ3v) is 4.68. The Kier molecular flexibility index (Phi) is 4.85. The molecule has 0 spiro atoms. The first-order chi connectivity index (χ1) is 11.6. The Labute approximate surface area is 142 Å². The van der Waals surface area contributed by atoms with Crippen LogP contribution < -0.4 is 10.1 Å². The second-order valence-corrected chi connectivity index (χ2v) is 6.24. The normalized spacial score (nSPS) is 17.8. The van der Waals surface area contributed by atoms with Crippen LogP contribution in [-0.4, -0.2) is 46.8 Å². The molecule has 2 aromatic rings. The van der Waals surface area contributed by atoms with Crippen molar-refractivity contribution >= 4 is 5.91 Å². The van der Waals surface area contributed by atoms with Gasteiger partial charge in [-0.2, -0.15) is 5.10 Å². The summed E-state index contributed by atoms with van der Waals surface area (Å²) in [5.74, 6) is 0.827. The largest absolute Gasteiger partial charge is 0.496 e. The van der Waals surface area contributed by atoms with Gasteiger partial charge >= 0.3 is 0 Å². The lowest BCUT2D eigenvalue weighted by Gasteiger charge is -2.42. The number of aromatic nitrogens is 2. The van der Waals surface area contributed by atoms with Gasteiger partial charge in [0.1, 0.15) is 5.75 Å². The monoisotopic (exact) mass is 328 g/mol. The van der Waals surface area contributed by atoms with E-state index in [1.54, 1.807) is 13.3 Å². The predicted molar refractivity (Wildman–Crippen MR) is 91.9 cm³/mol. The third kappa shape index (κ3) is 3.28. The van der Waals surface area contributed by atoms with E-state index in [-0.39, 0.29) is 18.0 Å². The maximum Gasteiger partial charge on any atom is 0.237 e. The van der Waals surface area contributed by atoms with Crippen molar-refractivity contribution in [2.75, 3.05) is 20.2 Å². The van der Waals surface area contributed by atoms with Crippen LogP contribution in [0.2, 0.25) is 0 Å². The highest BCUT2D eigenvalue weighted by Gasteiger charge is 2.35. The smallest absolute Gasteiger partial charge is 0.237 e. The van der Waals surface area contributed by atoms with Gasteiger partial charge in [0.2, 0.25) is 5.91 Å². The van der Waals surface area contributed by atoms with E-state index in [0.717, 1.165) is 24.4 Å². The number of likely N-dealkylation sites (tertiary alicyclic amines) is 1. The minimum Gasteiger partial charge on any atom is -0.496 e. The summed E-state index contributed by atoms with van der Waals surface area (Å²) in [5, 5.41) is 7.35. The van der Waals surface area contributed by atoms with Gasteiger partial charge in [0, 0.05) is 31.0 Å². The van der Waals surface area contributed by atoms with Gasteiger partial charge in [-0.3, -0.25) is 14.4 Å². The predicted octanol–water partition coefficient (Wildman–Crippen LogP) is 2.01. The lowest BCUT2D eigenvalue weighted by atomic mass is 10.0. The Balaban J connectivity index is 1.55. The van der Waals surface area contributed by atoms with E-state index in [4.69, 9.17) is 4.74 Å². The van der Waals surface area contributed by atoms with E-state index in [1.165, 1.54) is 0 Å². The van der Waals surface area contributed by atoms with E-state index in [9.17, 15) is 4.79 Å². The minimum atomic E-state index is -0.158. The highest BCUT2D eigenvalue weighted by molar-refractivity contribution is 5.82. The Bertz CT molecular complexity index is 680. The van der Waals surface area contributed by atoms with Gasteiger partial charge in [0.25, 0.3) is 0 Å². The van der Waals surface area contributed by atoms with Crippen LogP contribution in [0, 0.1) is 0 Å². The number of amides is 1. The van der Waals surface area contributed by atoms with E-state index < -0.39 is 0 Å². The molecule has 1 fully saturated rings. The van der Waals surface area contributed by atoms with Crippen molar-refractivity contribution in [2.24, 2.45) is 0 Å². The van der Waals surface area contributed by atoms with Crippen LogP contribution in [0.1, 0.15) is 31.5 Å². The van der Waals surface area contributed by atoms with Crippen molar-refractivity contribution in [3.05, 3.63) is 48.3 Å². The molecule has 24 heavy (non-hydrogen) atoms. The van der Waals surface area contributed by atoms with Gasteiger partial charge in [-0.05, 0) is 26.0 Å². The number of carbonyl (C=O) groups is 1. The number of rotatable bonds is 6. The SMILES string of the molecule is COc1ccccc1C(C)NC(=O)C(C)N1CC(n2cccn2)C1. The van der Waals surface area contributed by atoms with Crippen LogP contribution in [0.3, 0.4) is 0 Å². The molecule has 0 bridgehead atoms. The molecule has 6 heteroatoms. The van der Waals surface area contributed by atoms with Crippen molar-refractivity contribution in [1.82, 2.24) is 20.0 Å². The fraction of sp³-hybridized carbons (Fsp3) is 0.444. The third-order valence-electron chi connectivity index (χ3n) is 4.68. The van der Waals surface area contributed by atoms with Crippen molar-refractivity contribution in [2.45, 2.75) is 32.0 Å². The molecule has 0 radical (unpaired) electrons. The number of hydrogen-bond acceptors (Lipinski definition) is 4. The van der Waals surface area contributed by atoms with E-state index >= 15 is 0 Å². The first-order valence-electron chi connectivity index (χ1n) is 8.26. The molecule has 2 unspecified atom stereocenters. The molecule has 1 N–H and O–H groups in total. The van der Waals surface area contributed by atoms with Crippen molar-refractivity contribution < 1.29 is 9.53 Å². The zero-order valence-corrected chi connectivity index (χ0v) is 14.3. The fourth-order valence-electron chi connectivity index (χ4n) is 3.07. The van der Waals surface area contributed by atoms with Crippen LogP contribution in [0.25, 0.3) is 0 Å². The molecule has 1 aromatic carbocycles. The molecular weight excluding hydrogens is 304 g/mol. The van der Waals surface area contributed by atoms with Gasteiger partial charge < -0.3 is 10.1 Å². The van der Waals surface area contributed by atoms with Crippen molar-refractivity contribution in [3.8, 4) is 5.75 Å². The van der Waals surface area contributed by atoms with E-state index in [1.807, 2.05) is 55.1 Å². The fourth-order valence-corrected chi connectivity index (χ4v) is 3.07. The highest BCUT2D eigenvalue weighted by Crippen LogP contribution is 2.26. The standard InChI is InChI=1S/C18H24N4O2/c1-13(16-7-4-5-8-17(16)24-3)20-18(23)14(2)21-11-15(12-21)22-10-6-9-19-22/h4-10,13-15H,11-12H2,1-3H3,(H,20,23). The molecule has 6 nitrogen and oxygen atoms in total. The average molecular weight is 328 g/mol. The molecule has 128 valence electrons. The van der Waals surface area contributed by atoms with Crippen LogP contribution >= 0.6 is 0 Å². The molecule has 0 saturated carbocycles. The van der Waals surface area contributed by atoms with Gasteiger partial charge in [-0.25, -0.2) is 0 Å². The van der Waals surface area contributed by atoms with Gasteiger partial charge in [-0.1, -0.05) is 18.2 Å². The summed E-state index contributed by atoms with van der Waals surface area (Å²) >= 11 is 0. The van der Waals surface area contributed by atoms with Gasteiger partial charge in [0.05, 0.1) is 25.2 Å². The molecular formula is C18H24N4O2. The average Bonchev–Trinajstić information content (AvgIpc) is 3.07. The Morgan fingerprint density at radius 3 is 2.71 bits per heavy atom. The molecule has 1 saturated heterocycles. The Morgan fingerprint density at radius 2 is 2.04 bits per heavy atom. The number of para-hydroxylation sites is 1. The number of methoxy groups -OCH3 is 1. The summed E-state index contributed by atoms with van der Waals surface area (Å²) in [6, 6.07) is 9.80. The lowest BCUT2D eigenvalue weighted by Crippen LogP contribution is -2.56. The number of carbonyl (C=O) groups excluding carboxylic acids is 1. The second-order valence-electron chi connectivity index (χ2n) is 6.24. The number of nitrogens with zero attached hydrogens (tertiary/aromatic N) is 3. The molecule has 0 aliphatic carbocycles. The van der Waals surface area contributed by atoms with Crippen molar-refractivity contribution in [1.29, 1.82) is 0 Å². The van der Waals surface area contributed by atoms with Gasteiger partial charge in [0.15, 0.2) is 0 Å². The lowest BCUT2D eigenvalue weighted by molar-refractivity contribution is -0.129. The number of benzene rings is 1. The summed E-state index contributed by atoms with van der Waals surface area (Å²) in [5.41, 5.74) is 0.985. The number of ether oxygens (including phenoxy) is 1. The van der Waals surface area contributed by atoms with Crippen LogP contribution in [-0.2, 0) is 4.79 Å². The molecule has 1 aliphatic rings. The molecule has 2 atom stereocenters. The summed E-state index contributed by atoms with van der Waals surface area (Å²) in [6.45, 7) is 5.62. The van der Waals surface area contributed by atoms with E-state index in [0.29, 0.717) is 6.04 Å². The maximum absolute atomic E-state index is 12.5. The number of nitrogens with one attached hydrogen (secondary N) is 1. The molecule has 1 aromatic heterocycles. The zero-order chi connectivity index (χ0) is 17.1. The topological polar surface area (TPSA) is 59.4 Å². The molecule has 1 amide bonds. The zero-order valence-electron chi connectivity index (χ0n) is 14.3. The molecule has 2 heterocycles. The minimum absolute atomic E-state index is 0.0346. The van der Waals surface area contributed by atoms with E-state index in [2.05, 4.69) is 15.3 Å². The maximum atomic E-state index is 12.5. The molecule has 3 rings (SSSR count). The van der Waals surface area contributed by atoms with Gasteiger partial charge in [-0.15, -0.1) is 0 Å². The summed E-state index contributed by atoms with van der Waals surface area (Å²) in [4.78, 5) is 14.7. The first kappa shape index (κ1) is 16.5. The van der Waals surface area contributed by atoms with Crippen LogP contribution in [0.15, 0.2) is 42.7 Å². The summed E-state index contributed by atoms with van der Waals surface area (Å²) < 4.78 is 7.33. The van der Waals surface area contributed by atoms with Crippen LogP contribution in [0.5, 0.6) is 5.75 Å². The number of hydrogen-bond donors (Lipinski definition) is 1. The first-order valence-corrected chi connectivity index (χ1v) is 8.26. The quantitative estimate of drug-likeness (QED) is 0.881. The highest BCUT2D eigenvalue weighted by atomic mass is 16.5. The Morgan fingerprint density at radius 1 is 1.29 bits per heavy atom.